The number of hydrogen-bond donors (Lipinski definition) is 2. The fourth-order valence-corrected chi connectivity index (χ4v) is 1.13. The van der Waals surface area contributed by atoms with Crippen molar-refractivity contribution in [3.63, 3.8) is 0 Å². The summed E-state index contributed by atoms with van der Waals surface area (Å²) in [5.41, 5.74) is 7.39. The number of rotatable bonds is 4. The molecule has 0 radical (unpaired) electrons. The minimum absolute atomic E-state index is 0.144. The molecule has 0 aliphatic carbocycles. The predicted octanol–water partition coefficient (Wildman–Crippen LogP) is 1.53. The lowest BCUT2D eigenvalue weighted by atomic mass is 10.1. The Hall–Kier alpha value is -1.51. The van der Waals surface area contributed by atoms with Crippen LogP contribution in [0.5, 0.6) is 0 Å². The quantitative estimate of drug-likeness (QED) is 0.760. The van der Waals surface area contributed by atoms with Crippen molar-refractivity contribution < 1.29 is 4.79 Å². The predicted molar refractivity (Wildman–Crippen MR) is 58.0 cm³/mol. The van der Waals surface area contributed by atoms with Gasteiger partial charge in [0, 0.05) is 12.2 Å². The van der Waals surface area contributed by atoms with Crippen LogP contribution >= 0.6 is 0 Å². The van der Waals surface area contributed by atoms with Gasteiger partial charge in [0.25, 0.3) is 0 Å². The standard InChI is InChI=1S/C11H16N2O/c1-8-5-3-4-6-10(8)13-7-9(2)11(12)14/h3-6,9,13H,7H2,1-2H3,(H2,12,14). The zero-order valence-electron chi connectivity index (χ0n) is 8.58. The lowest BCUT2D eigenvalue weighted by Gasteiger charge is -2.12. The summed E-state index contributed by atoms with van der Waals surface area (Å²) in [6.07, 6.45) is 0. The Kier molecular flexibility index (Phi) is 3.51. The smallest absolute Gasteiger partial charge is 0.222 e. The molecule has 1 rings (SSSR count). The first kappa shape index (κ1) is 10.6. The van der Waals surface area contributed by atoms with E-state index in [0.717, 1.165) is 5.69 Å². The van der Waals surface area contributed by atoms with Crippen molar-refractivity contribution in [3.8, 4) is 0 Å². The number of nitrogens with two attached hydrogens (primary N) is 1. The fraction of sp³-hybridized carbons (Fsp3) is 0.364. The zero-order valence-corrected chi connectivity index (χ0v) is 8.58. The normalized spacial score (nSPS) is 12.1. The van der Waals surface area contributed by atoms with Gasteiger partial charge in [-0.3, -0.25) is 4.79 Å². The molecule has 1 amide bonds. The maximum absolute atomic E-state index is 10.8. The van der Waals surface area contributed by atoms with Crippen LogP contribution in [-0.2, 0) is 4.79 Å². The Morgan fingerprint density at radius 3 is 2.71 bits per heavy atom. The van der Waals surface area contributed by atoms with Crippen molar-refractivity contribution in [1.29, 1.82) is 0 Å². The molecule has 76 valence electrons. The van der Waals surface area contributed by atoms with Crippen molar-refractivity contribution in [2.75, 3.05) is 11.9 Å². The van der Waals surface area contributed by atoms with Gasteiger partial charge in [0.2, 0.25) is 5.91 Å². The molecule has 0 aliphatic rings. The molecule has 3 heteroatoms. The molecule has 3 nitrogen and oxygen atoms in total. The van der Waals surface area contributed by atoms with Gasteiger partial charge in [0.15, 0.2) is 0 Å². The molecule has 3 N–H and O–H groups in total. The first-order valence-corrected chi connectivity index (χ1v) is 4.70. The Morgan fingerprint density at radius 1 is 1.50 bits per heavy atom. The van der Waals surface area contributed by atoms with Crippen LogP contribution in [0.25, 0.3) is 0 Å². The molecule has 1 aromatic carbocycles. The highest BCUT2D eigenvalue weighted by molar-refractivity contribution is 5.76. The number of hydrogen-bond acceptors (Lipinski definition) is 2. The van der Waals surface area contributed by atoms with Crippen molar-refractivity contribution in [2.24, 2.45) is 11.7 Å². The maximum Gasteiger partial charge on any atom is 0.222 e. The Bertz CT molecular complexity index is 323. The highest BCUT2D eigenvalue weighted by Gasteiger charge is 2.07. The summed E-state index contributed by atoms with van der Waals surface area (Å²) in [6, 6.07) is 7.96. The van der Waals surface area contributed by atoms with E-state index in [1.54, 1.807) is 0 Å². The molecule has 1 unspecified atom stereocenters. The highest BCUT2D eigenvalue weighted by Crippen LogP contribution is 2.13. The Labute approximate surface area is 84.3 Å². The van der Waals surface area contributed by atoms with Gasteiger partial charge in [-0.25, -0.2) is 0 Å². The summed E-state index contributed by atoms with van der Waals surface area (Å²) in [4.78, 5) is 10.8. The van der Waals surface area contributed by atoms with Crippen molar-refractivity contribution in [3.05, 3.63) is 29.8 Å². The van der Waals surface area contributed by atoms with Crippen LogP contribution < -0.4 is 11.1 Å². The molecule has 14 heavy (non-hydrogen) atoms. The van der Waals surface area contributed by atoms with Crippen LogP contribution in [0.2, 0.25) is 0 Å². The maximum atomic E-state index is 10.8. The topological polar surface area (TPSA) is 55.1 Å². The van der Waals surface area contributed by atoms with Gasteiger partial charge in [0.1, 0.15) is 0 Å². The van der Waals surface area contributed by atoms with Gasteiger partial charge in [-0.05, 0) is 18.6 Å². The fourth-order valence-electron chi connectivity index (χ4n) is 1.13. The van der Waals surface area contributed by atoms with Gasteiger partial charge in [-0.15, -0.1) is 0 Å². The molecule has 1 aromatic rings. The van der Waals surface area contributed by atoms with Crippen LogP contribution in [0, 0.1) is 12.8 Å². The number of para-hydroxylation sites is 1. The van der Waals surface area contributed by atoms with E-state index in [-0.39, 0.29) is 11.8 Å². The summed E-state index contributed by atoms with van der Waals surface area (Å²) in [7, 11) is 0. The molecule has 0 heterocycles. The van der Waals surface area contributed by atoms with Crippen molar-refractivity contribution >= 4 is 11.6 Å². The lowest BCUT2D eigenvalue weighted by Crippen LogP contribution is -2.26. The average Bonchev–Trinajstić information content (AvgIpc) is 2.16. The van der Waals surface area contributed by atoms with Crippen LogP contribution in [0.15, 0.2) is 24.3 Å². The number of nitrogens with one attached hydrogen (secondary N) is 1. The van der Waals surface area contributed by atoms with E-state index in [9.17, 15) is 4.79 Å². The number of carbonyl (C=O) groups excluding carboxylic acids is 1. The lowest BCUT2D eigenvalue weighted by molar-refractivity contribution is -0.120. The van der Waals surface area contributed by atoms with E-state index >= 15 is 0 Å². The first-order valence-electron chi connectivity index (χ1n) is 4.70. The third-order valence-electron chi connectivity index (χ3n) is 2.23. The number of benzene rings is 1. The third-order valence-corrected chi connectivity index (χ3v) is 2.23. The second kappa shape index (κ2) is 4.65. The summed E-state index contributed by atoms with van der Waals surface area (Å²) >= 11 is 0. The average molecular weight is 192 g/mol. The molecule has 0 bridgehead atoms. The molecule has 0 spiro atoms. The molecule has 0 aliphatic heterocycles. The van der Waals surface area contributed by atoms with E-state index in [4.69, 9.17) is 5.73 Å². The van der Waals surface area contributed by atoms with Crippen molar-refractivity contribution in [2.45, 2.75) is 13.8 Å². The second-order valence-electron chi connectivity index (χ2n) is 3.50. The van der Waals surface area contributed by atoms with Gasteiger partial charge in [-0.2, -0.15) is 0 Å². The van der Waals surface area contributed by atoms with E-state index < -0.39 is 0 Å². The Balaban J connectivity index is 2.54. The van der Waals surface area contributed by atoms with E-state index in [1.165, 1.54) is 5.56 Å². The second-order valence-corrected chi connectivity index (χ2v) is 3.50. The SMILES string of the molecule is Cc1ccccc1NCC(C)C(N)=O. The van der Waals surface area contributed by atoms with Gasteiger partial charge >= 0.3 is 0 Å². The van der Waals surface area contributed by atoms with Crippen LogP contribution in [0.3, 0.4) is 0 Å². The minimum Gasteiger partial charge on any atom is -0.384 e. The summed E-state index contributed by atoms with van der Waals surface area (Å²) in [5, 5.41) is 3.19. The summed E-state index contributed by atoms with van der Waals surface area (Å²) in [6.45, 7) is 4.42. The van der Waals surface area contributed by atoms with E-state index in [1.807, 2.05) is 38.1 Å². The molecule has 1 atom stereocenters. The van der Waals surface area contributed by atoms with Crippen LogP contribution in [0.1, 0.15) is 12.5 Å². The van der Waals surface area contributed by atoms with Gasteiger partial charge in [-0.1, -0.05) is 25.1 Å². The molecular formula is C11H16N2O. The highest BCUT2D eigenvalue weighted by atomic mass is 16.1. The van der Waals surface area contributed by atoms with Gasteiger partial charge in [0.05, 0.1) is 5.92 Å². The summed E-state index contributed by atoms with van der Waals surface area (Å²) < 4.78 is 0. The molecule has 0 aromatic heterocycles. The van der Waals surface area contributed by atoms with E-state index in [0.29, 0.717) is 6.54 Å². The van der Waals surface area contributed by atoms with Crippen molar-refractivity contribution in [1.82, 2.24) is 0 Å². The molecule has 0 saturated heterocycles. The number of aryl methyl sites for hydroxylation is 1. The van der Waals surface area contributed by atoms with Crippen LogP contribution in [0.4, 0.5) is 5.69 Å². The first-order chi connectivity index (χ1) is 6.61. The van der Waals surface area contributed by atoms with Crippen LogP contribution in [-0.4, -0.2) is 12.5 Å². The monoisotopic (exact) mass is 192 g/mol. The van der Waals surface area contributed by atoms with E-state index in [2.05, 4.69) is 5.32 Å². The number of anilines is 1. The molecule has 0 saturated carbocycles. The summed E-state index contributed by atoms with van der Waals surface area (Å²) in [5.74, 6) is -0.416. The number of carbonyl (C=O) groups is 1. The zero-order chi connectivity index (χ0) is 10.6. The number of amides is 1. The minimum atomic E-state index is -0.272. The Morgan fingerprint density at radius 2 is 2.14 bits per heavy atom. The molecular weight excluding hydrogens is 176 g/mol. The third kappa shape index (κ3) is 2.76. The number of primary amides is 1. The largest absolute Gasteiger partial charge is 0.384 e. The molecule has 0 fully saturated rings. The van der Waals surface area contributed by atoms with Gasteiger partial charge < -0.3 is 11.1 Å².